The number of aliphatic hydroxyl groups is 1. The Morgan fingerprint density at radius 2 is 1.07 bits per heavy atom. The summed E-state index contributed by atoms with van der Waals surface area (Å²) in [5, 5.41) is 20.4. The van der Waals surface area contributed by atoms with E-state index in [1.807, 2.05) is 23.6 Å². The molecule has 2 aliphatic carbocycles. The van der Waals surface area contributed by atoms with Crippen LogP contribution in [0.25, 0.3) is 0 Å². The molecule has 40 heavy (non-hydrogen) atoms. The number of hydrogen-bond acceptors (Lipinski definition) is 5. The maximum atomic E-state index is 13.5. The average Bonchev–Trinajstić information content (AvgIpc) is 2.91. The van der Waals surface area contributed by atoms with Crippen LogP contribution in [0.1, 0.15) is 130 Å². The third kappa shape index (κ3) is 10.6. The molecule has 2 rings (SSSR count). The van der Waals surface area contributed by atoms with E-state index in [4.69, 9.17) is 0 Å². The average molecular weight is 566 g/mol. The number of carboxylic acid groups (broad SMARTS) is 1. The summed E-state index contributed by atoms with van der Waals surface area (Å²) in [4.78, 5) is 44.1. The number of carboxylic acids is 1. The van der Waals surface area contributed by atoms with Gasteiger partial charge in [0.15, 0.2) is 0 Å². The highest BCUT2D eigenvalue weighted by atomic mass is 16.4. The second-order valence-corrected chi connectivity index (χ2v) is 12.6. The van der Waals surface area contributed by atoms with Crippen molar-refractivity contribution in [1.82, 2.24) is 14.7 Å². The van der Waals surface area contributed by atoms with Crippen LogP contribution in [-0.4, -0.2) is 88.2 Å². The van der Waals surface area contributed by atoms with E-state index in [2.05, 4.69) is 18.7 Å². The van der Waals surface area contributed by atoms with Crippen LogP contribution in [0.4, 0.5) is 0 Å². The number of aliphatic hydroxyl groups excluding tert-OH is 1. The molecule has 2 N–H and O–H groups in total. The molecule has 0 heterocycles. The molecule has 1 unspecified atom stereocenters. The second kappa shape index (κ2) is 17.3. The molecule has 1 atom stereocenters. The van der Waals surface area contributed by atoms with Gasteiger partial charge in [0.25, 0.3) is 0 Å². The standard InChI is InChI=1S/C32H59N3O5/c1-5-33(6-2)27(36)23-31(17-11-9-12-18-31)24-28(37)34(7-3)21-15-16-22-35(8-4)29(38)25-32(26-30(39)40)19-13-10-14-20-32/h27,36H,5-26H2,1-4H3,(H,39,40). The van der Waals surface area contributed by atoms with Crippen LogP contribution < -0.4 is 0 Å². The number of unbranched alkanes of at least 4 members (excludes halogenated alkanes) is 1. The van der Waals surface area contributed by atoms with E-state index in [1.54, 1.807) is 0 Å². The third-order valence-corrected chi connectivity index (χ3v) is 9.83. The first-order valence-corrected chi connectivity index (χ1v) is 16.3. The molecule has 0 saturated heterocycles. The second-order valence-electron chi connectivity index (χ2n) is 12.6. The highest BCUT2D eigenvalue weighted by molar-refractivity contribution is 5.78. The van der Waals surface area contributed by atoms with E-state index in [9.17, 15) is 24.6 Å². The van der Waals surface area contributed by atoms with Crippen LogP contribution in [0.3, 0.4) is 0 Å². The third-order valence-electron chi connectivity index (χ3n) is 9.83. The van der Waals surface area contributed by atoms with Gasteiger partial charge in [0, 0.05) is 39.0 Å². The lowest BCUT2D eigenvalue weighted by Crippen LogP contribution is -2.43. The molecule has 0 bridgehead atoms. The highest BCUT2D eigenvalue weighted by Gasteiger charge is 2.39. The molecule has 0 aromatic rings. The summed E-state index contributed by atoms with van der Waals surface area (Å²) in [5.74, 6) is -0.549. The van der Waals surface area contributed by atoms with Gasteiger partial charge in [-0.05, 0) is 82.7 Å². The van der Waals surface area contributed by atoms with Gasteiger partial charge in [-0.3, -0.25) is 19.3 Å². The molecule has 0 radical (unpaired) electrons. The first kappa shape index (κ1) is 34.5. The summed E-state index contributed by atoms with van der Waals surface area (Å²) in [6.07, 6.45) is 13.0. The smallest absolute Gasteiger partial charge is 0.303 e. The van der Waals surface area contributed by atoms with Gasteiger partial charge >= 0.3 is 5.97 Å². The number of rotatable bonds is 18. The quantitative estimate of drug-likeness (QED) is 0.164. The zero-order valence-corrected chi connectivity index (χ0v) is 26.1. The normalized spacial score (nSPS) is 19.2. The van der Waals surface area contributed by atoms with Crippen LogP contribution in [0.15, 0.2) is 0 Å². The van der Waals surface area contributed by atoms with Crippen molar-refractivity contribution >= 4 is 17.8 Å². The fourth-order valence-electron chi connectivity index (χ4n) is 7.34. The van der Waals surface area contributed by atoms with Gasteiger partial charge in [-0.1, -0.05) is 52.4 Å². The van der Waals surface area contributed by atoms with Gasteiger partial charge in [-0.25, -0.2) is 0 Å². The minimum Gasteiger partial charge on any atom is -0.481 e. The SMILES string of the molecule is CCN(CCCCN(CC)C(=O)CC1(CC(O)N(CC)CC)CCCCC1)C(=O)CC1(CC(=O)O)CCCCC1. The molecule has 2 saturated carbocycles. The number of carbonyl (C=O) groups is 3. The zero-order chi connectivity index (χ0) is 29.6. The van der Waals surface area contributed by atoms with E-state index in [1.165, 1.54) is 6.42 Å². The van der Waals surface area contributed by atoms with E-state index in [0.29, 0.717) is 45.4 Å². The van der Waals surface area contributed by atoms with Gasteiger partial charge in [0.2, 0.25) is 11.8 Å². The highest BCUT2D eigenvalue weighted by Crippen LogP contribution is 2.44. The van der Waals surface area contributed by atoms with Crippen molar-refractivity contribution in [3.63, 3.8) is 0 Å². The minimum atomic E-state index is -0.806. The van der Waals surface area contributed by atoms with Crippen LogP contribution in [0, 0.1) is 10.8 Å². The molecular formula is C32H59N3O5. The van der Waals surface area contributed by atoms with E-state index in [0.717, 1.165) is 83.7 Å². The van der Waals surface area contributed by atoms with Gasteiger partial charge in [0.05, 0.1) is 6.42 Å². The summed E-state index contributed by atoms with van der Waals surface area (Å²) in [5.41, 5.74) is -0.519. The molecular weight excluding hydrogens is 506 g/mol. The minimum absolute atomic E-state index is 0.0695. The predicted molar refractivity (Wildman–Crippen MR) is 160 cm³/mol. The van der Waals surface area contributed by atoms with Crippen LogP contribution >= 0.6 is 0 Å². The van der Waals surface area contributed by atoms with Gasteiger partial charge < -0.3 is 20.0 Å². The molecule has 2 amide bonds. The van der Waals surface area contributed by atoms with E-state index < -0.39 is 17.6 Å². The molecule has 2 aliphatic rings. The first-order valence-electron chi connectivity index (χ1n) is 16.3. The fourth-order valence-corrected chi connectivity index (χ4v) is 7.34. The van der Waals surface area contributed by atoms with Crippen molar-refractivity contribution in [2.45, 2.75) is 137 Å². The topological polar surface area (TPSA) is 101 Å². The lowest BCUT2D eigenvalue weighted by molar-refractivity contribution is -0.143. The molecule has 232 valence electrons. The summed E-state index contributed by atoms with van der Waals surface area (Å²) in [6.45, 7) is 12.4. The Bertz CT molecular complexity index is 773. The molecule has 0 spiro atoms. The maximum Gasteiger partial charge on any atom is 0.303 e. The molecule has 8 heteroatoms. The summed E-state index contributed by atoms with van der Waals surface area (Å²) in [6, 6.07) is 0. The Hall–Kier alpha value is -1.67. The van der Waals surface area contributed by atoms with Crippen LogP contribution in [0.2, 0.25) is 0 Å². The molecule has 2 fully saturated rings. The van der Waals surface area contributed by atoms with Crippen molar-refractivity contribution in [3.05, 3.63) is 0 Å². The van der Waals surface area contributed by atoms with Crippen molar-refractivity contribution < 1.29 is 24.6 Å². The largest absolute Gasteiger partial charge is 0.481 e. The van der Waals surface area contributed by atoms with Gasteiger partial charge in [-0.15, -0.1) is 0 Å². The lowest BCUT2D eigenvalue weighted by atomic mass is 9.69. The van der Waals surface area contributed by atoms with E-state index in [-0.39, 0.29) is 23.7 Å². The van der Waals surface area contributed by atoms with Gasteiger partial charge in [0.1, 0.15) is 6.23 Å². The Morgan fingerprint density at radius 3 is 1.48 bits per heavy atom. The Morgan fingerprint density at radius 1 is 0.650 bits per heavy atom. The number of nitrogens with zero attached hydrogens (tertiary/aromatic N) is 3. The molecule has 8 nitrogen and oxygen atoms in total. The number of hydrogen-bond donors (Lipinski definition) is 2. The van der Waals surface area contributed by atoms with Crippen molar-refractivity contribution in [2.24, 2.45) is 10.8 Å². The zero-order valence-electron chi connectivity index (χ0n) is 26.1. The van der Waals surface area contributed by atoms with Crippen molar-refractivity contribution in [3.8, 4) is 0 Å². The first-order chi connectivity index (χ1) is 19.1. The molecule has 0 aromatic carbocycles. The Kier molecular flexibility index (Phi) is 15.0. The maximum absolute atomic E-state index is 13.5. The summed E-state index contributed by atoms with van der Waals surface area (Å²) < 4.78 is 0. The van der Waals surface area contributed by atoms with Crippen LogP contribution in [0.5, 0.6) is 0 Å². The van der Waals surface area contributed by atoms with Gasteiger partial charge in [-0.2, -0.15) is 0 Å². The monoisotopic (exact) mass is 565 g/mol. The number of amides is 2. The Balaban J connectivity index is 1.89. The number of aliphatic carboxylic acids is 1. The van der Waals surface area contributed by atoms with E-state index >= 15 is 0 Å². The predicted octanol–water partition coefficient (Wildman–Crippen LogP) is 5.67. The molecule has 0 aromatic heterocycles. The molecule has 0 aliphatic heterocycles. The number of carbonyl (C=O) groups excluding carboxylic acids is 2. The van der Waals surface area contributed by atoms with Crippen LogP contribution in [-0.2, 0) is 14.4 Å². The van der Waals surface area contributed by atoms with Crippen molar-refractivity contribution in [2.75, 3.05) is 39.3 Å². The lowest BCUT2D eigenvalue weighted by Gasteiger charge is -2.41. The summed E-state index contributed by atoms with van der Waals surface area (Å²) >= 11 is 0. The van der Waals surface area contributed by atoms with Crippen molar-refractivity contribution in [1.29, 1.82) is 0 Å². The summed E-state index contributed by atoms with van der Waals surface area (Å²) in [7, 11) is 0. The fraction of sp³-hybridized carbons (Fsp3) is 0.906. The Labute approximate surface area is 243 Å².